The molecule has 0 radical (unpaired) electrons. The van der Waals surface area contributed by atoms with Gasteiger partial charge in [0, 0.05) is 56.0 Å². The van der Waals surface area contributed by atoms with Crippen molar-refractivity contribution in [2.24, 2.45) is 0 Å². The number of pyridine rings is 1. The van der Waals surface area contributed by atoms with E-state index in [-0.39, 0.29) is 21.8 Å². The van der Waals surface area contributed by atoms with Crippen molar-refractivity contribution in [3.05, 3.63) is 89.2 Å². The maximum Gasteiger partial charge on any atom is 0.511 e. The third-order valence-corrected chi connectivity index (χ3v) is 8.17. The summed E-state index contributed by atoms with van der Waals surface area (Å²) in [7, 11) is 1.74. The van der Waals surface area contributed by atoms with Gasteiger partial charge in [0.05, 0.1) is 24.2 Å². The number of fused-ring (bicyclic) bond motifs is 1. The van der Waals surface area contributed by atoms with Crippen LogP contribution in [0.4, 0.5) is 23.7 Å². The molecule has 2 atom stereocenters. The quantitative estimate of drug-likeness (QED) is 0.239. The van der Waals surface area contributed by atoms with Gasteiger partial charge in [-0.1, -0.05) is 18.2 Å². The molecule has 2 aromatic carbocycles. The van der Waals surface area contributed by atoms with Crippen LogP contribution in [-0.4, -0.2) is 52.8 Å². The number of alkyl halides is 3. The standard InChI is InChI=1S/C29H28F3N3O4/c1-35(27(36)23-4-2-3-5-25(23)29(30,31)32,21-12-16-34(17-13-21)20-10-14-33-15-11-20)26-9-7-19-6-8-22(18-24(19)26)39-28(37)38/h2-6,8,10-11,14-15,18,21,26H,7,9,12-13,16-17H2,1H3/p+1/t26-,35?/m1/s1. The van der Waals surface area contributed by atoms with Crippen LogP contribution < -0.4 is 9.64 Å². The van der Waals surface area contributed by atoms with Gasteiger partial charge in [-0.25, -0.2) is 14.1 Å². The van der Waals surface area contributed by atoms with Crippen LogP contribution in [0, 0.1) is 0 Å². The molecule has 1 aliphatic carbocycles. The lowest BCUT2D eigenvalue weighted by Gasteiger charge is -2.47. The number of aryl methyl sites for hydroxylation is 1. The number of ether oxygens (including phenoxy) is 1. The topological polar surface area (TPSA) is 79.7 Å². The number of anilines is 1. The normalized spacial score (nSPS) is 19.3. The first-order valence-electron chi connectivity index (χ1n) is 12.8. The predicted octanol–water partition coefficient (Wildman–Crippen LogP) is 6.10. The maximum atomic E-state index is 14.4. The highest BCUT2D eigenvalue weighted by Crippen LogP contribution is 2.46. The lowest BCUT2D eigenvalue weighted by Crippen LogP contribution is -2.61. The van der Waals surface area contributed by atoms with Gasteiger partial charge in [0.25, 0.3) is 0 Å². The highest BCUT2D eigenvalue weighted by atomic mass is 19.4. The average Bonchev–Trinajstić information content (AvgIpc) is 3.36. The monoisotopic (exact) mass is 540 g/mol. The van der Waals surface area contributed by atoms with Gasteiger partial charge in [-0.2, -0.15) is 13.2 Å². The van der Waals surface area contributed by atoms with Gasteiger partial charge in [-0.05, 0) is 48.4 Å². The molecule has 0 saturated carbocycles. The van der Waals surface area contributed by atoms with E-state index >= 15 is 0 Å². The van der Waals surface area contributed by atoms with Crippen molar-refractivity contribution in [1.29, 1.82) is 0 Å². The lowest BCUT2D eigenvalue weighted by atomic mass is 9.92. The van der Waals surface area contributed by atoms with Crippen LogP contribution in [-0.2, 0) is 12.6 Å². The summed E-state index contributed by atoms with van der Waals surface area (Å²) in [5.41, 5.74) is 1.39. The van der Waals surface area contributed by atoms with E-state index in [1.54, 1.807) is 37.6 Å². The van der Waals surface area contributed by atoms with Gasteiger partial charge in [0.15, 0.2) is 0 Å². The van der Waals surface area contributed by atoms with Crippen molar-refractivity contribution < 1.29 is 37.1 Å². The van der Waals surface area contributed by atoms with Gasteiger partial charge in [-0.3, -0.25) is 4.98 Å². The smallest absolute Gasteiger partial charge is 0.449 e. The molecule has 1 aromatic heterocycles. The summed E-state index contributed by atoms with van der Waals surface area (Å²) in [5.74, 6) is -0.469. The molecule has 5 rings (SSSR count). The molecule has 1 amide bonds. The van der Waals surface area contributed by atoms with E-state index in [9.17, 15) is 22.8 Å². The second-order valence-electron chi connectivity index (χ2n) is 10.2. The van der Waals surface area contributed by atoms with Crippen LogP contribution in [0.2, 0.25) is 0 Å². The molecular weight excluding hydrogens is 511 g/mol. The van der Waals surface area contributed by atoms with Crippen molar-refractivity contribution in [2.45, 2.75) is 43.9 Å². The van der Waals surface area contributed by atoms with E-state index in [0.29, 0.717) is 38.8 Å². The number of hydrogen-bond donors (Lipinski definition) is 1. The van der Waals surface area contributed by atoms with Crippen molar-refractivity contribution >= 4 is 17.7 Å². The molecule has 1 fully saturated rings. The number of benzene rings is 2. The number of carboxylic acid groups (broad SMARTS) is 1. The first-order valence-corrected chi connectivity index (χ1v) is 12.8. The zero-order valence-electron chi connectivity index (χ0n) is 21.4. The SMILES string of the molecule is C[N+](C(=O)c1ccccc1C(F)(F)F)(C1CCN(c2ccncc2)CC1)[C@@H]1CCc2ccc(OC(=O)O)cc21. The molecular formula is C29H29F3N3O4+. The molecule has 1 unspecified atom stereocenters. The number of piperidine rings is 1. The highest BCUT2D eigenvalue weighted by molar-refractivity contribution is 5.91. The number of halogens is 3. The van der Waals surface area contributed by atoms with E-state index < -0.39 is 29.8 Å². The van der Waals surface area contributed by atoms with Crippen LogP contribution in [0.25, 0.3) is 0 Å². The van der Waals surface area contributed by atoms with Gasteiger partial charge < -0.3 is 14.7 Å². The molecule has 204 valence electrons. The summed E-state index contributed by atoms with van der Waals surface area (Å²) in [4.78, 5) is 31.8. The Bertz CT molecular complexity index is 1370. The van der Waals surface area contributed by atoms with E-state index in [1.165, 1.54) is 18.2 Å². The fourth-order valence-electron chi connectivity index (χ4n) is 6.23. The Balaban J connectivity index is 1.56. The minimum absolute atomic E-state index is 0.121. The van der Waals surface area contributed by atoms with Crippen LogP contribution in [0.5, 0.6) is 5.75 Å². The van der Waals surface area contributed by atoms with Crippen LogP contribution in [0.15, 0.2) is 67.0 Å². The van der Waals surface area contributed by atoms with Crippen LogP contribution >= 0.6 is 0 Å². The van der Waals surface area contributed by atoms with Crippen molar-refractivity contribution in [3.8, 4) is 5.75 Å². The Labute approximate surface area is 224 Å². The van der Waals surface area contributed by atoms with E-state index in [1.807, 2.05) is 12.1 Å². The molecule has 1 N–H and O–H groups in total. The van der Waals surface area contributed by atoms with Crippen LogP contribution in [0.3, 0.4) is 0 Å². The summed E-state index contributed by atoms with van der Waals surface area (Å²) < 4.78 is 46.7. The van der Waals surface area contributed by atoms with Crippen molar-refractivity contribution in [3.63, 3.8) is 0 Å². The summed E-state index contributed by atoms with van der Waals surface area (Å²) in [5, 5.41) is 9.11. The lowest BCUT2D eigenvalue weighted by molar-refractivity contribution is -0.887. The molecule has 1 aliphatic heterocycles. The Morgan fingerprint density at radius 3 is 2.38 bits per heavy atom. The molecule has 2 heterocycles. The zero-order valence-corrected chi connectivity index (χ0v) is 21.4. The van der Waals surface area contributed by atoms with Crippen molar-refractivity contribution in [1.82, 2.24) is 4.98 Å². The molecule has 10 heteroatoms. The second-order valence-corrected chi connectivity index (χ2v) is 10.2. The predicted molar refractivity (Wildman–Crippen MR) is 138 cm³/mol. The minimum Gasteiger partial charge on any atom is -0.449 e. The number of aromatic nitrogens is 1. The molecule has 1 saturated heterocycles. The Morgan fingerprint density at radius 2 is 1.72 bits per heavy atom. The summed E-state index contributed by atoms with van der Waals surface area (Å²) in [6.07, 6.45) is -0.348. The Kier molecular flexibility index (Phi) is 7.07. The number of carbonyl (C=O) groups is 2. The number of carbonyl (C=O) groups excluding carboxylic acids is 1. The van der Waals surface area contributed by atoms with Gasteiger partial charge >= 0.3 is 18.2 Å². The Morgan fingerprint density at radius 1 is 1.03 bits per heavy atom. The fraction of sp³-hybridized carbons (Fsp3) is 0.345. The van der Waals surface area contributed by atoms with Crippen molar-refractivity contribution in [2.75, 3.05) is 25.0 Å². The second kappa shape index (κ2) is 10.3. The van der Waals surface area contributed by atoms with E-state index in [2.05, 4.69) is 9.88 Å². The molecule has 39 heavy (non-hydrogen) atoms. The first kappa shape index (κ1) is 26.7. The van der Waals surface area contributed by atoms with E-state index in [0.717, 1.165) is 22.9 Å². The molecule has 0 spiro atoms. The number of hydrogen-bond acceptors (Lipinski definition) is 5. The van der Waals surface area contributed by atoms with Gasteiger partial charge in [-0.15, -0.1) is 0 Å². The zero-order chi connectivity index (χ0) is 27.8. The third kappa shape index (κ3) is 5.08. The first-order chi connectivity index (χ1) is 18.6. The molecule has 2 aliphatic rings. The summed E-state index contributed by atoms with van der Waals surface area (Å²) >= 11 is 0. The van der Waals surface area contributed by atoms with E-state index in [4.69, 9.17) is 9.84 Å². The third-order valence-electron chi connectivity index (χ3n) is 8.17. The number of nitrogens with zero attached hydrogens (tertiary/aromatic N) is 3. The number of rotatable bonds is 5. The van der Waals surface area contributed by atoms with Gasteiger partial charge in [0.2, 0.25) is 0 Å². The summed E-state index contributed by atoms with van der Waals surface area (Å²) in [6.45, 7) is 1.27. The molecule has 3 aromatic rings. The number of quaternary nitrogens is 1. The average molecular weight is 541 g/mol. The molecule has 0 bridgehead atoms. The highest BCUT2D eigenvalue weighted by Gasteiger charge is 2.52. The maximum absolute atomic E-state index is 14.4. The summed E-state index contributed by atoms with van der Waals surface area (Å²) in [6, 6.07) is 13.0. The molecule has 7 nitrogen and oxygen atoms in total. The number of amides is 1. The fourth-order valence-corrected chi connectivity index (χ4v) is 6.23. The largest absolute Gasteiger partial charge is 0.511 e. The van der Waals surface area contributed by atoms with Crippen LogP contribution in [0.1, 0.15) is 52.4 Å². The Hall–Kier alpha value is -3.92. The van der Waals surface area contributed by atoms with Gasteiger partial charge in [0.1, 0.15) is 11.8 Å². The minimum atomic E-state index is -4.68.